The SMILES string of the molecule is COCn1cc(NC(=O)c2ccc(COc3ccc(Cl)cc3Cl)o2)cn1. The van der Waals surface area contributed by atoms with Crippen molar-refractivity contribution in [3.8, 4) is 5.75 Å². The maximum atomic E-state index is 12.2. The highest BCUT2D eigenvalue weighted by Crippen LogP contribution is 2.28. The molecule has 0 aliphatic carbocycles. The molecule has 0 saturated heterocycles. The Hall–Kier alpha value is -2.48. The van der Waals surface area contributed by atoms with Crippen molar-refractivity contribution in [1.82, 2.24) is 9.78 Å². The standard InChI is InChI=1S/C17H15Cl2N3O4/c1-24-10-22-8-12(7-20-22)21-17(23)16-5-3-13(26-16)9-25-15-4-2-11(18)6-14(15)19/h2-8H,9-10H2,1H3,(H,21,23). The van der Waals surface area contributed by atoms with Crippen molar-refractivity contribution in [2.75, 3.05) is 12.4 Å². The normalized spacial score (nSPS) is 10.7. The van der Waals surface area contributed by atoms with Crippen LogP contribution in [0.15, 0.2) is 47.1 Å². The van der Waals surface area contributed by atoms with Crippen LogP contribution in [-0.4, -0.2) is 22.8 Å². The second-order valence-electron chi connectivity index (χ2n) is 5.27. The van der Waals surface area contributed by atoms with Gasteiger partial charge in [-0.1, -0.05) is 23.2 Å². The van der Waals surface area contributed by atoms with E-state index >= 15 is 0 Å². The summed E-state index contributed by atoms with van der Waals surface area (Å²) < 4.78 is 17.6. The Morgan fingerprint density at radius 1 is 1.31 bits per heavy atom. The summed E-state index contributed by atoms with van der Waals surface area (Å²) >= 11 is 11.9. The average Bonchev–Trinajstić information content (AvgIpc) is 3.24. The average molecular weight is 396 g/mol. The summed E-state index contributed by atoms with van der Waals surface area (Å²) in [4.78, 5) is 12.2. The molecule has 0 radical (unpaired) electrons. The van der Waals surface area contributed by atoms with Crippen LogP contribution in [0.3, 0.4) is 0 Å². The van der Waals surface area contributed by atoms with Crippen LogP contribution in [0.2, 0.25) is 10.0 Å². The lowest BCUT2D eigenvalue weighted by molar-refractivity contribution is 0.0992. The quantitative estimate of drug-likeness (QED) is 0.647. The molecule has 0 unspecified atom stereocenters. The first-order chi connectivity index (χ1) is 12.5. The van der Waals surface area contributed by atoms with Gasteiger partial charge in [-0.05, 0) is 30.3 Å². The molecule has 136 valence electrons. The summed E-state index contributed by atoms with van der Waals surface area (Å²) in [7, 11) is 1.56. The van der Waals surface area contributed by atoms with Gasteiger partial charge in [0.2, 0.25) is 0 Å². The maximum absolute atomic E-state index is 12.2. The first-order valence-corrected chi connectivity index (χ1v) is 8.30. The van der Waals surface area contributed by atoms with Crippen LogP contribution in [0.25, 0.3) is 0 Å². The molecule has 0 fully saturated rings. The van der Waals surface area contributed by atoms with Gasteiger partial charge in [-0.25, -0.2) is 4.68 Å². The number of rotatable bonds is 7. The molecular formula is C17H15Cl2N3O4. The molecule has 1 aromatic carbocycles. The van der Waals surface area contributed by atoms with Crippen molar-refractivity contribution >= 4 is 34.8 Å². The molecule has 3 aromatic rings. The van der Waals surface area contributed by atoms with Gasteiger partial charge in [0.05, 0.1) is 23.1 Å². The smallest absolute Gasteiger partial charge is 0.291 e. The van der Waals surface area contributed by atoms with E-state index in [9.17, 15) is 4.79 Å². The van der Waals surface area contributed by atoms with E-state index < -0.39 is 5.91 Å². The number of amides is 1. The number of furan rings is 1. The molecule has 0 bridgehead atoms. The zero-order valence-corrected chi connectivity index (χ0v) is 15.3. The van der Waals surface area contributed by atoms with Crippen molar-refractivity contribution < 1.29 is 18.7 Å². The minimum atomic E-state index is -0.391. The largest absolute Gasteiger partial charge is 0.484 e. The number of nitrogens with one attached hydrogen (secondary N) is 1. The molecule has 0 atom stereocenters. The zero-order chi connectivity index (χ0) is 18.5. The van der Waals surface area contributed by atoms with Gasteiger partial charge < -0.3 is 19.2 Å². The summed E-state index contributed by atoms with van der Waals surface area (Å²) in [6, 6.07) is 8.15. The van der Waals surface area contributed by atoms with Crippen LogP contribution >= 0.6 is 23.2 Å². The van der Waals surface area contributed by atoms with E-state index in [1.165, 1.54) is 6.20 Å². The number of ether oxygens (including phenoxy) is 2. The Bertz CT molecular complexity index is 907. The van der Waals surface area contributed by atoms with Crippen molar-refractivity contribution in [2.45, 2.75) is 13.3 Å². The lowest BCUT2D eigenvalue weighted by Gasteiger charge is -2.06. The number of hydrogen-bond donors (Lipinski definition) is 1. The monoisotopic (exact) mass is 395 g/mol. The zero-order valence-electron chi connectivity index (χ0n) is 13.7. The molecular weight excluding hydrogens is 381 g/mol. The number of carbonyl (C=O) groups is 1. The van der Waals surface area contributed by atoms with Gasteiger partial charge in [0, 0.05) is 12.1 Å². The van der Waals surface area contributed by atoms with E-state index in [2.05, 4.69) is 10.4 Å². The van der Waals surface area contributed by atoms with Gasteiger partial charge in [-0.2, -0.15) is 5.10 Å². The Labute approximate surface area is 159 Å². The third-order valence-corrected chi connectivity index (χ3v) is 3.83. The van der Waals surface area contributed by atoms with Crippen molar-refractivity contribution in [2.24, 2.45) is 0 Å². The fourth-order valence-electron chi connectivity index (χ4n) is 2.14. The maximum Gasteiger partial charge on any atom is 0.291 e. The van der Waals surface area contributed by atoms with E-state index in [1.54, 1.807) is 48.3 Å². The van der Waals surface area contributed by atoms with E-state index in [1.807, 2.05) is 0 Å². The Balaban J connectivity index is 1.58. The highest BCUT2D eigenvalue weighted by atomic mass is 35.5. The topological polar surface area (TPSA) is 78.5 Å². The van der Waals surface area contributed by atoms with Crippen LogP contribution in [0.5, 0.6) is 5.75 Å². The van der Waals surface area contributed by atoms with Crippen molar-refractivity contribution in [3.63, 3.8) is 0 Å². The number of carbonyl (C=O) groups excluding carboxylic acids is 1. The molecule has 26 heavy (non-hydrogen) atoms. The van der Waals surface area contributed by atoms with Crippen molar-refractivity contribution in [1.29, 1.82) is 0 Å². The lowest BCUT2D eigenvalue weighted by Crippen LogP contribution is -2.10. The molecule has 1 amide bonds. The molecule has 0 aliphatic rings. The van der Waals surface area contributed by atoms with Crippen LogP contribution < -0.4 is 10.1 Å². The summed E-state index contributed by atoms with van der Waals surface area (Å²) in [5.74, 6) is 0.725. The number of nitrogens with zero attached hydrogens (tertiary/aromatic N) is 2. The second-order valence-corrected chi connectivity index (χ2v) is 6.11. The van der Waals surface area contributed by atoms with E-state index in [0.717, 1.165) is 0 Å². The Morgan fingerprint density at radius 2 is 2.15 bits per heavy atom. The highest BCUT2D eigenvalue weighted by molar-refractivity contribution is 6.35. The third kappa shape index (κ3) is 4.57. The van der Waals surface area contributed by atoms with Gasteiger partial charge >= 0.3 is 0 Å². The Kier molecular flexibility index (Phi) is 5.82. The van der Waals surface area contributed by atoms with Gasteiger partial charge in [-0.3, -0.25) is 4.79 Å². The number of aromatic nitrogens is 2. The summed E-state index contributed by atoms with van der Waals surface area (Å²) in [6.45, 7) is 0.422. The predicted molar refractivity (Wildman–Crippen MR) is 96.7 cm³/mol. The molecule has 2 heterocycles. The molecule has 1 N–H and O–H groups in total. The number of anilines is 1. The molecule has 3 rings (SSSR count). The molecule has 0 aliphatic heterocycles. The van der Waals surface area contributed by atoms with Crippen LogP contribution in [0.4, 0.5) is 5.69 Å². The molecule has 7 nitrogen and oxygen atoms in total. The molecule has 0 spiro atoms. The first-order valence-electron chi connectivity index (χ1n) is 7.54. The predicted octanol–water partition coefficient (Wildman–Crippen LogP) is 4.22. The highest BCUT2D eigenvalue weighted by Gasteiger charge is 2.13. The third-order valence-electron chi connectivity index (χ3n) is 3.30. The van der Waals surface area contributed by atoms with Gasteiger partial charge in [0.15, 0.2) is 5.76 Å². The van der Waals surface area contributed by atoms with Crippen LogP contribution in [0, 0.1) is 0 Å². The van der Waals surface area contributed by atoms with Gasteiger partial charge in [0.1, 0.15) is 24.8 Å². The minimum Gasteiger partial charge on any atom is -0.484 e. The number of benzene rings is 1. The minimum absolute atomic E-state index is 0.125. The first kappa shape index (κ1) is 18.3. The number of hydrogen-bond acceptors (Lipinski definition) is 5. The lowest BCUT2D eigenvalue weighted by atomic mass is 10.3. The van der Waals surface area contributed by atoms with Crippen LogP contribution in [0.1, 0.15) is 16.3 Å². The van der Waals surface area contributed by atoms with E-state index in [4.69, 9.17) is 37.1 Å². The van der Waals surface area contributed by atoms with E-state index in [0.29, 0.717) is 34.0 Å². The number of methoxy groups -OCH3 is 1. The van der Waals surface area contributed by atoms with Gasteiger partial charge in [0.25, 0.3) is 5.91 Å². The fraction of sp³-hybridized carbons (Fsp3) is 0.176. The summed E-state index contributed by atoms with van der Waals surface area (Å²) in [5.41, 5.74) is 0.536. The number of halogens is 2. The van der Waals surface area contributed by atoms with Crippen molar-refractivity contribution in [3.05, 3.63) is 64.3 Å². The Morgan fingerprint density at radius 3 is 2.92 bits per heavy atom. The summed E-state index contributed by atoms with van der Waals surface area (Å²) in [5, 5.41) is 7.65. The van der Waals surface area contributed by atoms with E-state index in [-0.39, 0.29) is 12.4 Å². The molecule has 9 heteroatoms. The van der Waals surface area contributed by atoms with Gasteiger partial charge in [-0.15, -0.1) is 0 Å². The molecule has 2 aromatic heterocycles. The fourth-order valence-corrected chi connectivity index (χ4v) is 2.61. The second kappa shape index (κ2) is 8.27. The molecule has 0 saturated carbocycles. The van der Waals surface area contributed by atoms with Crippen LogP contribution in [-0.2, 0) is 18.1 Å². The summed E-state index contributed by atoms with van der Waals surface area (Å²) in [6.07, 6.45) is 3.17.